The van der Waals surface area contributed by atoms with Gasteiger partial charge in [-0.1, -0.05) is 18.2 Å². The lowest BCUT2D eigenvalue weighted by atomic mass is 10.2. The second-order valence-electron chi connectivity index (χ2n) is 5.18. The van der Waals surface area contributed by atoms with Crippen molar-refractivity contribution in [3.63, 3.8) is 0 Å². The zero-order chi connectivity index (χ0) is 14.8. The lowest BCUT2D eigenvalue weighted by molar-refractivity contribution is -0.119. The van der Waals surface area contributed by atoms with Crippen LogP contribution in [0.5, 0.6) is 5.88 Å². The molecule has 1 atom stereocenters. The summed E-state index contributed by atoms with van der Waals surface area (Å²) in [5.41, 5.74) is 7.79. The molecule has 0 aliphatic carbocycles. The molecule has 0 unspecified atom stereocenters. The Morgan fingerprint density at radius 2 is 2.19 bits per heavy atom. The summed E-state index contributed by atoms with van der Waals surface area (Å²) in [5.74, 6) is 1.15. The summed E-state index contributed by atoms with van der Waals surface area (Å²) in [6.45, 7) is 2.29. The average Bonchev–Trinajstić information content (AvgIpc) is 3.04. The third-order valence-electron chi connectivity index (χ3n) is 3.63. The van der Waals surface area contributed by atoms with Crippen LogP contribution < -0.4 is 15.8 Å². The fraction of sp³-hybridized carbons (Fsp3) is 0.333. The zero-order valence-corrected chi connectivity index (χ0v) is 11.9. The number of benzene rings is 1. The highest BCUT2D eigenvalue weighted by molar-refractivity contribution is 5.78. The van der Waals surface area contributed by atoms with Crippen LogP contribution in [-0.2, 0) is 4.79 Å². The summed E-state index contributed by atoms with van der Waals surface area (Å²) in [6.07, 6.45) is 1.36. The van der Waals surface area contributed by atoms with Crippen LogP contribution >= 0.6 is 0 Å². The largest absolute Gasteiger partial charge is 0.474 e. The highest BCUT2D eigenvalue weighted by atomic mass is 16.5. The van der Waals surface area contributed by atoms with Crippen molar-refractivity contribution >= 4 is 11.7 Å². The summed E-state index contributed by atoms with van der Waals surface area (Å²) in [4.78, 5) is 11.2. The van der Waals surface area contributed by atoms with Gasteiger partial charge in [-0.3, -0.25) is 4.79 Å². The van der Waals surface area contributed by atoms with E-state index in [9.17, 15) is 4.79 Å². The Labute approximate surface area is 122 Å². The van der Waals surface area contributed by atoms with E-state index in [0.29, 0.717) is 24.7 Å². The van der Waals surface area contributed by atoms with Crippen LogP contribution in [0.3, 0.4) is 0 Å². The summed E-state index contributed by atoms with van der Waals surface area (Å²) in [7, 11) is 0. The normalized spacial score (nSPS) is 17.8. The molecule has 2 aromatic rings. The molecule has 0 bridgehead atoms. The molecule has 1 aromatic carbocycles. The Bertz CT molecular complexity index is 651. The minimum absolute atomic E-state index is 0.0556. The highest BCUT2D eigenvalue weighted by Gasteiger charge is 2.22. The molecule has 0 spiro atoms. The van der Waals surface area contributed by atoms with E-state index < -0.39 is 0 Å². The third kappa shape index (κ3) is 2.69. The Morgan fingerprint density at radius 3 is 2.86 bits per heavy atom. The van der Waals surface area contributed by atoms with Crippen LogP contribution in [0.1, 0.15) is 18.4 Å². The van der Waals surface area contributed by atoms with Gasteiger partial charge in [0.25, 0.3) is 0 Å². The molecule has 1 fully saturated rings. The number of carbonyl (C=O) groups is 1. The molecule has 0 radical (unpaired) electrons. The summed E-state index contributed by atoms with van der Waals surface area (Å²) >= 11 is 0. The molecule has 3 N–H and O–H groups in total. The van der Waals surface area contributed by atoms with Gasteiger partial charge in [0.2, 0.25) is 11.8 Å². The number of nitrogens with one attached hydrogen (secondary N) is 1. The van der Waals surface area contributed by atoms with Gasteiger partial charge in [-0.15, -0.1) is 5.10 Å². The van der Waals surface area contributed by atoms with Crippen molar-refractivity contribution in [2.75, 3.05) is 12.3 Å². The van der Waals surface area contributed by atoms with Crippen LogP contribution in [0, 0.1) is 6.92 Å². The Balaban J connectivity index is 1.76. The SMILES string of the molecule is Cc1c(OC[C@@H]2CCC(=O)N2)nn(-c2ccccc2)c1N. The summed E-state index contributed by atoms with van der Waals surface area (Å²) in [5, 5.41) is 7.28. The predicted octanol–water partition coefficient (Wildman–Crippen LogP) is 1.42. The minimum Gasteiger partial charge on any atom is -0.474 e. The molecule has 1 aliphatic heterocycles. The van der Waals surface area contributed by atoms with E-state index in [1.54, 1.807) is 4.68 Å². The van der Waals surface area contributed by atoms with E-state index >= 15 is 0 Å². The third-order valence-corrected chi connectivity index (χ3v) is 3.63. The molecule has 1 aliphatic rings. The topological polar surface area (TPSA) is 82.2 Å². The van der Waals surface area contributed by atoms with E-state index in [1.165, 1.54) is 0 Å². The monoisotopic (exact) mass is 286 g/mol. The van der Waals surface area contributed by atoms with Crippen LogP contribution in [0.15, 0.2) is 30.3 Å². The number of carbonyl (C=O) groups excluding carboxylic acids is 1. The molecular weight excluding hydrogens is 268 g/mol. The van der Waals surface area contributed by atoms with Crippen molar-refractivity contribution in [2.24, 2.45) is 0 Å². The highest BCUT2D eigenvalue weighted by Crippen LogP contribution is 2.25. The molecule has 6 nitrogen and oxygen atoms in total. The van der Waals surface area contributed by atoms with Gasteiger partial charge < -0.3 is 15.8 Å². The van der Waals surface area contributed by atoms with Crippen LogP contribution in [0.25, 0.3) is 5.69 Å². The van der Waals surface area contributed by atoms with Crippen molar-refractivity contribution in [3.05, 3.63) is 35.9 Å². The molecule has 6 heteroatoms. The quantitative estimate of drug-likeness (QED) is 0.890. The Morgan fingerprint density at radius 1 is 1.43 bits per heavy atom. The fourth-order valence-electron chi connectivity index (χ4n) is 2.37. The number of nitrogens with zero attached hydrogens (tertiary/aromatic N) is 2. The number of hydrogen-bond acceptors (Lipinski definition) is 4. The Hall–Kier alpha value is -2.50. The average molecular weight is 286 g/mol. The van der Waals surface area contributed by atoms with Crippen LogP contribution in [0.2, 0.25) is 0 Å². The van der Waals surface area contributed by atoms with E-state index in [2.05, 4.69) is 10.4 Å². The van der Waals surface area contributed by atoms with Crippen molar-refractivity contribution in [1.29, 1.82) is 0 Å². The second-order valence-corrected chi connectivity index (χ2v) is 5.18. The molecule has 3 rings (SSSR count). The number of ether oxygens (including phenoxy) is 1. The number of amides is 1. The first-order valence-corrected chi connectivity index (χ1v) is 6.98. The maximum absolute atomic E-state index is 11.2. The molecule has 0 saturated carbocycles. The van der Waals surface area contributed by atoms with Crippen LogP contribution in [0.4, 0.5) is 5.82 Å². The molecular formula is C15H18N4O2. The number of aromatic nitrogens is 2. The number of nitrogens with two attached hydrogens (primary N) is 1. The maximum Gasteiger partial charge on any atom is 0.238 e. The first-order valence-electron chi connectivity index (χ1n) is 6.98. The summed E-state index contributed by atoms with van der Waals surface area (Å²) in [6, 6.07) is 9.73. The van der Waals surface area contributed by atoms with E-state index in [0.717, 1.165) is 17.7 Å². The molecule has 110 valence electrons. The second kappa shape index (κ2) is 5.47. The standard InChI is InChI=1S/C15H18N4O2/c1-10-14(16)19(12-5-3-2-4-6-12)18-15(10)21-9-11-7-8-13(20)17-11/h2-6,11H,7-9,16H2,1H3,(H,17,20)/t11-/m0/s1. The fourth-order valence-corrected chi connectivity index (χ4v) is 2.37. The number of rotatable bonds is 4. The van der Waals surface area contributed by atoms with Crippen molar-refractivity contribution in [2.45, 2.75) is 25.8 Å². The van der Waals surface area contributed by atoms with Gasteiger partial charge in [0.05, 0.1) is 17.3 Å². The number of para-hydroxylation sites is 1. The number of hydrogen-bond donors (Lipinski definition) is 2. The molecule has 21 heavy (non-hydrogen) atoms. The smallest absolute Gasteiger partial charge is 0.238 e. The minimum atomic E-state index is 0.0556. The van der Waals surface area contributed by atoms with Crippen molar-refractivity contribution < 1.29 is 9.53 Å². The first-order chi connectivity index (χ1) is 10.1. The van der Waals surface area contributed by atoms with E-state index in [-0.39, 0.29) is 11.9 Å². The number of anilines is 1. The zero-order valence-electron chi connectivity index (χ0n) is 11.9. The van der Waals surface area contributed by atoms with Crippen LogP contribution in [-0.4, -0.2) is 28.3 Å². The molecule has 1 amide bonds. The Kier molecular flexibility index (Phi) is 3.51. The van der Waals surface area contributed by atoms with Crippen molar-refractivity contribution in [3.8, 4) is 11.6 Å². The van der Waals surface area contributed by atoms with Gasteiger partial charge in [0, 0.05) is 6.42 Å². The molecule has 1 aromatic heterocycles. The van der Waals surface area contributed by atoms with Gasteiger partial charge in [-0.05, 0) is 25.5 Å². The van der Waals surface area contributed by atoms with E-state index in [1.807, 2.05) is 37.3 Å². The molecule has 2 heterocycles. The van der Waals surface area contributed by atoms with Gasteiger partial charge >= 0.3 is 0 Å². The van der Waals surface area contributed by atoms with Gasteiger partial charge in [-0.25, -0.2) is 4.68 Å². The van der Waals surface area contributed by atoms with Gasteiger partial charge in [0.15, 0.2) is 0 Å². The molecule has 1 saturated heterocycles. The first kappa shape index (κ1) is 13.5. The maximum atomic E-state index is 11.2. The summed E-state index contributed by atoms with van der Waals surface area (Å²) < 4.78 is 7.39. The lowest BCUT2D eigenvalue weighted by Crippen LogP contribution is -2.31. The van der Waals surface area contributed by atoms with Crippen molar-refractivity contribution in [1.82, 2.24) is 15.1 Å². The number of nitrogen functional groups attached to an aromatic ring is 1. The van der Waals surface area contributed by atoms with Gasteiger partial charge in [0.1, 0.15) is 12.4 Å². The lowest BCUT2D eigenvalue weighted by Gasteiger charge is -2.10. The predicted molar refractivity (Wildman–Crippen MR) is 79.4 cm³/mol. The van der Waals surface area contributed by atoms with Gasteiger partial charge in [-0.2, -0.15) is 0 Å². The van der Waals surface area contributed by atoms with E-state index in [4.69, 9.17) is 10.5 Å².